The van der Waals surface area contributed by atoms with E-state index < -0.39 is 6.04 Å². The number of piperidine rings is 1. The minimum atomic E-state index is -0.486. The molecule has 0 aromatic carbocycles. The van der Waals surface area contributed by atoms with Gasteiger partial charge in [0, 0.05) is 18.5 Å². The van der Waals surface area contributed by atoms with Gasteiger partial charge in [0.25, 0.3) is 5.56 Å². The van der Waals surface area contributed by atoms with Crippen LogP contribution in [0.1, 0.15) is 51.5 Å². The lowest BCUT2D eigenvalue weighted by molar-refractivity contribution is -0.132. The number of hydrogen-bond acceptors (Lipinski definition) is 5. The van der Waals surface area contributed by atoms with Crippen LogP contribution in [0.5, 0.6) is 0 Å². The standard InChI is InChI=1S/C18H25ClN6O2/c1-11(17(27)24-8-6-12(19)7-9-24)21-18-22-15-14(16(26)23-18)10-20-25(15)13-4-2-3-5-13/h10-13H,2-9H2,1H3,(H2,21,22,23,26)/t11-/m1/s1. The molecular weight excluding hydrogens is 368 g/mol. The SMILES string of the molecule is C[C@@H](Nc1nc2c(cnn2C2CCCC2)c(=O)[nH]1)C(=O)N1CCC(Cl)CC1. The second-order valence-electron chi connectivity index (χ2n) is 7.55. The van der Waals surface area contributed by atoms with E-state index in [1.54, 1.807) is 13.1 Å². The Balaban J connectivity index is 1.53. The average Bonchev–Trinajstić information content (AvgIpc) is 3.31. The highest BCUT2D eigenvalue weighted by Gasteiger charge is 2.26. The summed E-state index contributed by atoms with van der Waals surface area (Å²) in [6.45, 7) is 3.11. The minimum Gasteiger partial charge on any atom is -0.344 e. The minimum absolute atomic E-state index is 0.00869. The zero-order valence-corrected chi connectivity index (χ0v) is 16.2. The number of fused-ring (bicyclic) bond motifs is 1. The van der Waals surface area contributed by atoms with Crippen LogP contribution in [0.2, 0.25) is 0 Å². The molecule has 8 nitrogen and oxygen atoms in total. The number of carbonyl (C=O) groups excluding carboxylic acids is 1. The van der Waals surface area contributed by atoms with Gasteiger partial charge in [-0.1, -0.05) is 12.8 Å². The molecule has 1 saturated carbocycles. The lowest BCUT2D eigenvalue weighted by Crippen LogP contribution is -2.45. The van der Waals surface area contributed by atoms with Crippen molar-refractivity contribution in [2.45, 2.75) is 62.9 Å². The number of amides is 1. The molecule has 9 heteroatoms. The van der Waals surface area contributed by atoms with E-state index in [1.807, 2.05) is 9.58 Å². The van der Waals surface area contributed by atoms with Crippen molar-refractivity contribution in [3.8, 4) is 0 Å². The molecule has 2 aliphatic rings. The van der Waals surface area contributed by atoms with E-state index in [0.29, 0.717) is 36.1 Å². The van der Waals surface area contributed by atoms with E-state index in [4.69, 9.17) is 11.6 Å². The molecule has 0 spiro atoms. The van der Waals surface area contributed by atoms with Gasteiger partial charge in [0.15, 0.2) is 5.65 Å². The molecule has 0 bridgehead atoms. The summed E-state index contributed by atoms with van der Waals surface area (Å²) in [5, 5.41) is 8.08. The third-order valence-electron chi connectivity index (χ3n) is 5.59. The Labute approximate surface area is 162 Å². The molecule has 2 aromatic heterocycles. The van der Waals surface area contributed by atoms with E-state index in [-0.39, 0.29) is 16.8 Å². The highest BCUT2D eigenvalue weighted by molar-refractivity contribution is 6.20. The number of nitrogens with zero attached hydrogens (tertiary/aromatic N) is 4. The number of H-pyrrole nitrogens is 1. The van der Waals surface area contributed by atoms with Crippen LogP contribution < -0.4 is 10.9 Å². The van der Waals surface area contributed by atoms with Gasteiger partial charge in [0.1, 0.15) is 11.4 Å². The first-order valence-electron chi connectivity index (χ1n) is 9.70. The molecule has 1 saturated heterocycles. The Morgan fingerprint density at radius 2 is 2.00 bits per heavy atom. The van der Waals surface area contributed by atoms with E-state index in [9.17, 15) is 9.59 Å². The fraction of sp³-hybridized carbons (Fsp3) is 0.667. The molecule has 2 aromatic rings. The molecule has 2 fully saturated rings. The van der Waals surface area contributed by atoms with Gasteiger partial charge in [-0.2, -0.15) is 10.1 Å². The first-order chi connectivity index (χ1) is 13.0. The number of alkyl halides is 1. The summed E-state index contributed by atoms with van der Waals surface area (Å²) in [4.78, 5) is 34.2. The van der Waals surface area contributed by atoms with Gasteiger partial charge in [-0.05, 0) is 32.6 Å². The van der Waals surface area contributed by atoms with E-state index in [0.717, 1.165) is 25.7 Å². The molecule has 1 atom stereocenters. The summed E-state index contributed by atoms with van der Waals surface area (Å²) in [6.07, 6.45) is 7.64. The monoisotopic (exact) mass is 392 g/mol. The Morgan fingerprint density at radius 1 is 1.30 bits per heavy atom. The number of carbonyl (C=O) groups is 1. The number of aromatic nitrogens is 4. The van der Waals surface area contributed by atoms with Crippen molar-refractivity contribution in [2.75, 3.05) is 18.4 Å². The van der Waals surface area contributed by atoms with Gasteiger partial charge in [-0.25, -0.2) is 4.68 Å². The van der Waals surface area contributed by atoms with Crippen molar-refractivity contribution in [1.82, 2.24) is 24.6 Å². The van der Waals surface area contributed by atoms with Crippen molar-refractivity contribution < 1.29 is 4.79 Å². The molecule has 0 radical (unpaired) electrons. The number of nitrogens with one attached hydrogen (secondary N) is 2. The Hall–Kier alpha value is -2.09. The predicted molar refractivity (Wildman–Crippen MR) is 104 cm³/mol. The molecule has 0 unspecified atom stereocenters. The van der Waals surface area contributed by atoms with Crippen LogP contribution in [0.25, 0.3) is 11.0 Å². The summed E-state index contributed by atoms with van der Waals surface area (Å²) in [7, 11) is 0. The van der Waals surface area contributed by atoms with Gasteiger partial charge in [0.05, 0.1) is 12.2 Å². The second kappa shape index (κ2) is 7.50. The first-order valence-corrected chi connectivity index (χ1v) is 10.1. The normalized spacial score (nSPS) is 20.3. The maximum Gasteiger partial charge on any atom is 0.263 e. The molecule has 1 aliphatic heterocycles. The largest absolute Gasteiger partial charge is 0.344 e. The van der Waals surface area contributed by atoms with Crippen molar-refractivity contribution in [3.63, 3.8) is 0 Å². The van der Waals surface area contributed by atoms with Gasteiger partial charge in [-0.3, -0.25) is 14.6 Å². The number of rotatable bonds is 4. The van der Waals surface area contributed by atoms with Crippen molar-refractivity contribution in [2.24, 2.45) is 0 Å². The van der Waals surface area contributed by atoms with Crippen LogP contribution in [0, 0.1) is 0 Å². The highest BCUT2D eigenvalue weighted by Crippen LogP contribution is 2.30. The van der Waals surface area contributed by atoms with Crippen molar-refractivity contribution in [1.29, 1.82) is 0 Å². The molecule has 27 heavy (non-hydrogen) atoms. The van der Waals surface area contributed by atoms with Crippen LogP contribution in [0.4, 0.5) is 5.95 Å². The number of anilines is 1. The van der Waals surface area contributed by atoms with Crippen molar-refractivity contribution >= 4 is 34.5 Å². The fourth-order valence-electron chi connectivity index (χ4n) is 4.03. The Morgan fingerprint density at radius 3 is 2.70 bits per heavy atom. The van der Waals surface area contributed by atoms with Crippen LogP contribution >= 0.6 is 11.6 Å². The maximum absolute atomic E-state index is 12.7. The zero-order valence-electron chi connectivity index (χ0n) is 15.4. The lowest BCUT2D eigenvalue weighted by atomic mass is 10.1. The number of aromatic amines is 1. The summed E-state index contributed by atoms with van der Waals surface area (Å²) in [5.74, 6) is 0.297. The average molecular weight is 393 g/mol. The van der Waals surface area contributed by atoms with Crippen LogP contribution in [0.15, 0.2) is 11.0 Å². The van der Waals surface area contributed by atoms with Gasteiger partial charge >= 0.3 is 0 Å². The van der Waals surface area contributed by atoms with E-state index in [2.05, 4.69) is 20.4 Å². The zero-order chi connectivity index (χ0) is 19.0. The predicted octanol–water partition coefficient (Wildman–Crippen LogP) is 2.26. The summed E-state index contributed by atoms with van der Waals surface area (Å²) in [6, 6.07) is -0.194. The molecule has 2 N–H and O–H groups in total. The molecule has 3 heterocycles. The highest BCUT2D eigenvalue weighted by atomic mass is 35.5. The first kappa shape index (κ1) is 18.3. The van der Waals surface area contributed by atoms with E-state index in [1.165, 1.54) is 12.8 Å². The Bertz CT molecular complexity index is 880. The second-order valence-corrected chi connectivity index (χ2v) is 8.16. The molecular formula is C18H25ClN6O2. The summed E-state index contributed by atoms with van der Waals surface area (Å²) >= 11 is 6.12. The van der Waals surface area contributed by atoms with Gasteiger partial charge in [-0.15, -0.1) is 11.6 Å². The molecule has 146 valence electrons. The number of halogens is 1. The van der Waals surface area contributed by atoms with Gasteiger partial charge < -0.3 is 10.2 Å². The molecule has 4 rings (SSSR count). The third-order valence-corrected chi connectivity index (χ3v) is 6.03. The number of likely N-dealkylation sites (tertiary alicyclic amines) is 1. The molecule has 1 aliphatic carbocycles. The fourth-order valence-corrected chi connectivity index (χ4v) is 4.22. The lowest BCUT2D eigenvalue weighted by Gasteiger charge is -2.31. The Kier molecular flexibility index (Phi) is 5.08. The smallest absolute Gasteiger partial charge is 0.263 e. The maximum atomic E-state index is 12.7. The number of hydrogen-bond donors (Lipinski definition) is 2. The van der Waals surface area contributed by atoms with Crippen molar-refractivity contribution in [3.05, 3.63) is 16.6 Å². The topological polar surface area (TPSA) is 95.9 Å². The summed E-state index contributed by atoms with van der Waals surface area (Å²) in [5.41, 5.74) is 0.338. The van der Waals surface area contributed by atoms with Gasteiger partial charge in [0.2, 0.25) is 11.9 Å². The molecule has 1 amide bonds. The quantitative estimate of drug-likeness (QED) is 0.778. The van der Waals surface area contributed by atoms with Crippen LogP contribution in [-0.2, 0) is 4.79 Å². The van der Waals surface area contributed by atoms with E-state index >= 15 is 0 Å². The summed E-state index contributed by atoms with van der Waals surface area (Å²) < 4.78 is 1.86. The third kappa shape index (κ3) is 3.67. The van der Waals surface area contributed by atoms with Crippen LogP contribution in [0.3, 0.4) is 0 Å². The van der Waals surface area contributed by atoms with Crippen LogP contribution in [-0.4, -0.2) is 55.1 Å².